The first-order valence-corrected chi connectivity index (χ1v) is 14.3. The summed E-state index contributed by atoms with van der Waals surface area (Å²) in [4.78, 5) is 17.5. The number of carbonyl (C=O) groups excluding carboxylic acids is 1. The maximum Gasteiger partial charge on any atom is 0.264 e. The Hall–Kier alpha value is -3.08. The van der Waals surface area contributed by atoms with Crippen molar-refractivity contribution >= 4 is 37.5 Å². The number of rotatable bonds is 7. The molecule has 1 saturated heterocycles. The highest BCUT2D eigenvalue weighted by molar-refractivity contribution is 9.10. The number of halogens is 1. The van der Waals surface area contributed by atoms with E-state index in [1.165, 1.54) is 4.31 Å². The van der Waals surface area contributed by atoms with Crippen LogP contribution >= 0.6 is 15.9 Å². The van der Waals surface area contributed by atoms with Gasteiger partial charge in [-0.15, -0.1) is 0 Å². The SMILES string of the molecule is Cc1ccc(S(=O)(=O)N(CC(=O)N2CCN(Cc3ccc4c(c3)OCO4)CC2)c2ccc(Br)cc2)cc1. The average Bonchev–Trinajstić information content (AvgIpc) is 3.36. The number of benzene rings is 3. The number of nitrogens with zero attached hydrogens (tertiary/aromatic N) is 3. The van der Waals surface area contributed by atoms with Gasteiger partial charge in [-0.3, -0.25) is 14.0 Å². The molecule has 3 aromatic rings. The summed E-state index contributed by atoms with van der Waals surface area (Å²) >= 11 is 3.39. The molecule has 0 aliphatic carbocycles. The molecule has 5 rings (SSSR count). The zero-order valence-corrected chi connectivity index (χ0v) is 22.9. The van der Waals surface area contributed by atoms with E-state index in [2.05, 4.69) is 20.8 Å². The zero-order valence-electron chi connectivity index (χ0n) is 20.5. The number of amides is 1. The molecule has 0 aromatic heterocycles. The van der Waals surface area contributed by atoms with Gasteiger partial charge in [-0.05, 0) is 61.0 Å². The summed E-state index contributed by atoms with van der Waals surface area (Å²) in [6.07, 6.45) is 0. The molecule has 0 atom stereocenters. The lowest BCUT2D eigenvalue weighted by Gasteiger charge is -2.36. The third-order valence-electron chi connectivity index (χ3n) is 6.57. The lowest BCUT2D eigenvalue weighted by Crippen LogP contribution is -2.51. The molecule has 194 valence electrons. The van der Waals surface area contributed by atoms with Gasteiger partial charge in [0.2, 0.25) is 12.7 Å². The largest absolute Gasteiger partial charge is 0.454 e. The molecular weight excluding hydrogens is 558 g/mol. The predicted molar refractivity (Wildman–Crippen MR) is 144 cm³/mol. The van der Waals surface area contributed by atoms with Crippen LogP contribution in [0.5, 0.6) is 11.5 Å². The summed E-state index contributed by atoms with van der Waals surface area (Å²) in [5.41, 5.74) is 2.53. The molecule has 2 heterocycles. The maximum atomic E-state index is 13.6. The molecule has 0 bridgehead atoms. The van der Waals surface area contributed by atoms with Gasteiger partial charge < -0.3 is 14.4 Å². The Morgan fingerprint density at radius 3 is 2.30 bits per heavy atom. The van der Waals surface area contributed by atoms with E-state index in [9.17, 15) is 13.2 Å². The van der Waals surface area contributed by atoms with E-state index < -0.39 is 10.0 Å². The number of carbonyl (C=O) groups is 1. The van der Waals surface area contributed by atoms with E-state index >= 15 is 0 Å². The molecular formula is C27H28BrN3O5S. The van der Waals surface area contributed by atoms with Crippen LogP contribution in [0.4, 0.5) is 5.69 Å². The molecule has 1 fully saturated rings. The van der Waals surface area contributed by atoms with E-state index in [0.29, 0.717) is 31.9 Å². The zero-order chi connectivity index (χ0) is 26.0. The van der Waals surface area contributed by atoms with Crippen LogP contribution < -0.4 is 13.8 Å². The number of fused-ring (bicyclic) bond motifs is 1. The quantitative estimate of drug-likeness (QED) is 0.416. The second-order valence-electron chi connectivity index (χ2n) is 9.15. The summed E-state index contributed by atoms with van der Waals surface area (Å²) in [7, 11) is -3.94. The van der Waals surface area contributed by atoms with Gasteiger partial charge in [0.25, 0.3) is 10.0 Å². The topological polar surface area (TPSA) is 79.4 Å². The number of ether oxygens (including phenoxy) is 2. The molecule has 3 aromatic carbocycles. The van der Waals surface area contributed by atoms with Crippen molar-refractivity contribution in [1.29, 1.82) is 0 Å². The molecule has 2 aliphatic heterocycles. The summed E-state index contributed by atoms with van der Waals surface area (Å²) < 4.78 is 40.1. The number of hydrogen-bond acceptors (Lipinski definition) is 6. The van der Waals surface area contributed by atoms with E-state index in [4.69, 9.17) is 9.47 Å². The van der Waals surface area contributed by atoms with Crippen LogP contribution in [0.1, 0.15) is 11.1 Å². The fourth-order valence-corrected chi connectivity index (χ4v) is 6.11. The smallest absolute Gasteiger partial charge is 0.264 e. The fourth-order valence-electron chi connectivity index (χ4n) is 4.44. The van der Waals surface area contributed by atoms with Crippen LogP contribution in [0.2, 0.25) is 0 Å². The van der Waals surface area contributed by atoms with Gasteiger partial charge in [0.05, 0.1) is 10.6 Å². The van der Waals surface area contributed by atoms with Crippen LogP contribution in [0.15, 0.2) is 76.1 Å². The molecule has 8 nitrogen and oxygen atoms in total. The van der Waals surface area contributed by atoms with Crippen molar-refractivity contribution in [3.63, 3.8) is 0 Å². The van der Waals surface area contributed by atoms with Gasteiger partial charge in [0, 0.05) is 37.2 Å². The molecule has 2 aliphatic rings. The standard InChI is InChI=1S/C27H28BrN3O5S/c1-20-2-9-24(10-3-20)37(33,34)31(23-7-5-22(28)6-8-23)18-27(32)30-14-12-29(13-15-30)17-21-4-11-25-26(16-21)36-19-35-25/h2-11,16H,12-15,17-19H2,1H3. The van der Waals surface area contributed by atoms with E-state index in [1.807, 2.05) is 25.1 Å². The molecule has 0 N–H and O–H groups in total. The molecule has 0 unspecified atom stereocenters. The van der Waals surface area contributed by atoms with Crippen molar-refractivity contribution in [2.24, 2.45) is 0 Å². The van der Waals surface area contributed by atoms with Crippen molar-refractivity contribution in [2.75, 3.05) is 43.8 Å². The van der Waals surface area contributed by atoms with Gasteiger partial charge in [-0.1, -0.05) is 39.7 Å². The van der Waals surface area contributed by atoms with Crippen molar-refractivity contribution in [2.45, 2.75) is 18.4 Å². The molecule has 1 amide bonds. The van der Waals surface area contributed by atoms with E-state index in [0.717, 1.165) is 33.6 Å². The maximum absolute atomic E-state index is 13.6. The Kier molecular flexibility index (Phi) is 7.41. The Morgan fingerprint density at radius 2 is 1.59 bits per heavy atom. The number of piperazine rings is 1. The molecule has 10 heteroatoms. The van der Waals surface area contributed by atoms with Gasteiger partial charge in [0.1, 0.15) is 6.54 Å². The number of sulfonamides is 1. The lowest BCUT2D eigenvalue weighted by molar-refractivity contribution is -0.131. The van der Waals surface area contributed by atoms with Crippen molar-refractivity contribution in [3.05, 3.63) is 82.3 Å². The van der Waals surface area contributed by atoms with Crippen LogP contribution in [-0.2, 0) is 21.4 Å². The van der Waals surface area contributed by atoms with Crippen LogP contribution in [-0.4, -0.2) is 63.6 Å². The fraction of sp³-hybridized carbons (Fsp3) is 0.296. The van der Waals surface area contributed by atoms with Crippen molar-refractivity contribution in [1.82, 2.24) is 9.80 Å². The summed E-state index contributed by atoms with van der Waals surface area (Å²) in [5.74, 6) is 1.30. The molecule has 0 radical (unpaired) electrons. The molecule has 0 saturated carbocycles. The highest BCUT2D eigenvalue weighted by atomic mass is 79.9. The Labute approximate surface area is 225 Å². The molecule has 0 spiro atoms. The first kappa shape index (κ1) is 25.6. The number of anilines is 1. The van der Waals surface area contributed by atoms with Crippen LogP contribution in [0.3, 0.4) is 0 Å². The van der Waals surface area contributed by atoms with E-state index in [-0.39, 0.29) is 24.1 Å². The first-order chi connectivity index (χ1) is 17.8. The highest BCUT2D eigenvalue weighted by Crippen LogP contribution is 2.33. The van der Waals surface area contributed by atoms with Crippen molar-refractivity contribution < 1.29 is 22.7 Å². The Morgan fingerprint density at radius 1 is 0.919 bits per heavy atom. The number of aryl methyl sites for hydroxylation is 1. The second-order valence-corrected chi connectivity index (χ2v) is 11.9. The summed E-state index contributed by atoms with van der Waals surface area (Å²) in [5, 5.41) is 0. The lowest BCUT2D eigenvalue weighted by atomic mass is 10.1. The van der Waals surface area contributed by atoms with Crippen LogP contribution in [0, 0.1) is 6.92 Å². The minimum atomic E-state index is -3.94. The highest BCUT2D eigenvalue weighted by Gasteiger charge is 2.30. The monoisotopic (exact) mass is 585 g/mol. The van der Waals surface area contributed by atoms with Gasteiger partial charge in [-0.2, -0.15) is 0 Å². The van der Waals surface area contributed by atoms with Gasteiger partial charge in [0.15, 0.2) is 11.5 Å². The Bertz CT molecular complexity index is 1370. The third-order valence-corrected chi connectivity index (χ3v) is 8.89. The van der Waals surface area contributed by atoms with E-state index in [1.54, 1.807) is 53.4 Å². The Balaban J connectivity index is 1.27. The number of hydrogen-bond donors (Lipinski definition) is 0. The van der Waals surface area contributed by atoms with Gasteiger partial charge in [-0.25, -0.2) is 8.42 Å². The minimum Gasteiger partial charge on any atom is -0.454 e. The second kappa shape index (κ2) is 10.7. The summed E-state index contributed by atoms with van der Waals surface area (Å²) in [6.45, 7) is 5.08. The molecule has 37 heavy (non-hydrogen) atoms. The van der Waals surface area contributed by atoms with Crippen LogP contribution in [0.25, 0.3) is 0 Å². The van der Waals surface area contributed by atoms with Crippen molar-refractivity contribution in [3.8, 4) is 11.5 Å². The predicted octanol–water partition coefficient (Wildman–Crippen LogP) is 4.03. The normalized spacial score (nSPS) is 15.6. The summed E-state index contributed by atoms with van der Waals surface area (Å²) in [6, 6.07) is 19.6. The third kappa shape index (κ3) is 5.76. The first-order valence-electron chi connectivity index (χ1n) is 12.0. The van der Waals surface area contributed by atoms with Gasteiger partial charge >= 0.3 is 0 Å². The average molecular weight is 587 g/mol. The minimum absolute atomic E-state index is 0.155.